The summed E-state index contributed by atoms with van der Waals surface area (Å²) in [5.41, 5.74) is 0.134. The molecule has 13 heteroatoms. The molecule has 2 aliphatic heterocycles. The van der Waals surface area contributed by atoms with Crippen molar-refractivity contribution in [3.8, 4) is 5.75 Å². The monoisotopic (exact) mass is 437 g/mol. The minimum Gasteiger partial charge on any atom is -0.486 e. The van der Waals surface area contributed by atoms with Crippen LogP contribution in [0.2, 0.25) is 0 Å². The molecule has 0 bridgehead atoms. The van der Waals surface area contributed by atoms with Crippen LogP contribution in [0.5, 0.6) is 5.75 Å². The lowest BCUT2D eigenvalue weighted by molar-refractivity contribution is 0.0481. The van der Waals surface area contributed by atoms with Gasteiger partial charge in [0, 0.05) is 6.26 Å². The number of amides is 1. The first-order valence-electron chi connectivity index (χ1n) is 9.38. The SMILES string of the molecule is C[C@@H]1COC[C@H]2COc3c(nc(C(=O)Nc4nnc[nH]4)nc3C(C)(C)S(C)(=O)=O)N21. The molecule has 0 aliphatic carbocycles. The Balaban J connectivity index is 1.87. The third-order valence-corrected chi connectivity index (χ3v) is 7.45. The molecule has 0 saturated carbocycles. The van der Waals surface area contributed by atoms with Crippen molar-refractivity contribution in [2.75, 3.05) is 36.3 Å². The van der Waals surface area contributed by atoms with Crippen LogP contribution in [-0.4, -0.2) is 77.6 Å². The molecular weight excluding hydrogens is 414 g/mol. The molecule has 2 aromatic rings. The maximum absolute atomic E-state index is 12.8. The highest BCUT2D eigenvalue weighted by atomic mass is 32.2. The molecule has 2 aromatic heterocycles. The number of hydrogen-bond donors (Lipinski definition) is 2. The van der Waals surface area contributed by atoms with Gasteiger partial charge < -0.3 is 19.4 Å². The van der Waals surface area contributed by atoms with E-state index in [1.165, 1.54) is 20.2 Å². The summed E-state index contributed by atoms with van der Waals surface area (Å²) in [5, 5.41) is 9.85. The lowest BCUT2D eigenvalue weighted by Crippen LogP contribution is -2.56. The smallest absolute Gasteiger partial charge is 0.295 e. The predicted octanol–water partition coefficient (Wildman–Crippen LogP) is 0.113. The number of hydrogen-bond acceptors (Lipinski definition) is 10. The number of anilines is 2. The van der Waals surface area contributed by atoms with Crippen LogP contribution in [-0.2, 0) is 19.3 Å². The van der Waals surface area contributed by atoms with Crippen LogP contribution < -0.4 is 15.0 Å². The van der Waals surface area contributed by atoms with Crippen LogP contribution >= 0.6 is 0 Å². The van der Waals surface area contributed by atoms with Crippen LogP contribution in [0.3, 0.4) is 0 Å². The number of nitrogens with zero attached hydrogens (tertiary/aromatic N) is 5. The van der Waals surface area contributed by atoms with Gasteiger partial charge >= 0.3 is 0 Å². The van der Waals surface area contributed by atoms with E-state index >= 15 is 0 Å². The van der Waals surface area contributed by atoms with Crippen LogP contribution in [0, 0.1) is 0 Å². The van der Waals surface area contributed by atoms with Gasteiger partial charge in [-0.05, 0) is 20.8 Å². The summed E-state index contributed by atoms with van der Waals surface area (Å²) >= 11 is 0. The predicted molar refractivity (Wildman–Crippen MR) is 106 cm³/mol. The van der Waals surface area contributed by atoms with Crippen LogP contribution in [0.4, 0.5) is 11.8 Å². The van der Waals surface area contributed by atoms with Crippen LogP contribution in [0.25, 0.3) is 0 Å². The van der Waals surface area contributed by atoms with Gasteiger partial charge in [-0.25, -0.2) is 18.4 Å². The molecular formula is C17H23N7O5S. The van der Waals surface area contributed by atoms with Crippen molar-refractivity contribution >= 4 is 27.5 Å². The highest BCUT2D eigenvalue weighted by molar-refractivity contribution is 7.91. The standard InChI is InChI=1S/C17H23N7O5S/c1-9-5-28-6-10-7-29-11-12(17(2,3)30(4,26)27)20-13(21-14(11)24(9)10)15(25)22-16-18-8-19-23-16/h8-10H,5-7H2,1-4H3,(H2,18,19,22,23,25)/t9-,10+/m1/s1. The molecule has 0 unspecified atom stereocenters. The molecule has 0 radical (unpaired) electrons. The Kier molecular flexibility index (Phi) is 4.89. The maximum Gasteiger partial charge on any atom is 0.295 e. The van der Waals surface area contributed by atoms with Gasteiger partial charge in [-0.3, -0.25) is 10.1 Å². The van der Waals surface area contributed by atoms with Gasteiger partial charge in [-0.2, -0.15) is 0 Å². The second kappa shape index (κ2) is 7.16. The molecule has 1 amide bonds. The van der Waals surface area contributed by atoms with E-state index in [2.05, 4.69) is 30.5 Å². The van der Waals surface area contributed by atoms with E-state index in [1.54, 1.807) is 0 Å². The topological polar surface area (TPSA) is 152 Å². The highest BCUT2D eigenvalue weighted by Gasteiger charge is 2.44. The van der Waals surface area contributed by atoms with Crippen molar-refractivity contribution in [2.45, 2.75) is 37.6 Å². The largest absolute Gasteiger partial charge is 0.486 e. The molecule has 2 N–H and O–H groups in total. The summed E-state index contributed by atoms with van der Waals surface area (Å²) in [6, 6.07) is -0.142. The van der Waals surface area contributed by atoms with E-state index in [0.29, 0.717) is 25.6 Å². The Hall–Kier alpha value is -2.80. The molecule has 2 atom stereocenters. The molecule has 4 rings (SSSR count). The Labute approximate surface area is 173 Å². The van der Waals surface area contributed by atoms with Gasteiger partial charge in [0.25, 0.3) is 5.91 Å². The Morgan fingerprint density at radius 1 is 1.30 bits per heavy atom. The zero-order valence-corrected chi connectivity index (χ0v) is 17.9. The van der Waals surface area contributed by atoms with E-state index in [0.717, 1.165) is 6.26 Å². The molecule has 4 heterocycles. The molecule has 1 saturated heterocycles. The molecule has 0 aromatic carbocycles. The molecule has 0 spiro atoms. The summed E-state index contributed by atoms with van der Waals surface area (Å²) in [6.45, 7) is 6.25. The fourth-order valence-corrected chi connectivity index (χ4v) is 3.94. The summed E-state index contributed by atoms with van der Waals surface area (Å²) in [6.07, 6.45) is 2.44. The minimum atomic E-state index is -3.60. The van der Waals surface area contributed by atoms with Crippen LogP contribution in [0.1, 0.15) is 37.1 Å². The van der Waals surface area contributed by atoms with Gasteiger partial charge in [-0.15, -0.1) is 10.2 Å². The Morgan fingerprint density at radius 3 is 2.73 bits per heavy atom. The lowest BCUT2D eigenvalue weighted by Gasteiger charge is -2.45. The number of carbonyl (C=O) groups is 1. The first-order valence-corrected chi connectivity index (χ1v) is 11.3. The van der Waals surface area contributed by atoms with Crippen LogP contribution in [0.15, 0.2) is 6.33 Å². The number of ether oxygens (including phenoxy) is 2. The maximum atomic E-state index is 12.8. The van der Waals surface area contributed by atoms with E-state index in [-0.39, 0.29) is 35.3 Å². The zero-order valence-electron chi connectivity index (χ0n) is 17.0. The van der Waals surface area contributed by atoms with E-state index in [1.807, 2.05) is 11.8 Å². The zero-order chi connectivity index (χ0) is 21.7. The van der Waals surface area contributed by atoms with Gasteiger partial charge in [0.15, 0.2) is 21.4 Å². The molecule has 162 valence electrons. The van der Waals surface area contributed by atoms with Crippen molar-refractivity contribution < 1.29 is 22.7 Å². The fraction of sp³-hybridized carbons (Fsp3) is 0.588. The van der Waals surface area contributed by atoms with E-state index in [9.17, 15) is 13.2 Å². The third kappa shape index (κ3) is 3.37. The quantitative estimate of drug-likeness (QED) is 0.674. The average Bonchev–Trinajstić information content (AvgIpc) is 3.19. The summed E-state index contributed by atoms with van der Waals surface area (Å²) < 4.78 is 35.2. The number of sulfone groups is 1. The summed E-state index contributed by atoms with van der Waals surface area (Å²) in [7, 11) is -3.60. The number of morpholine rings is 1. The highest BCUT2D eigenvalue weighted by Crippen LogP contribution is 2.43. The van der Waals surface area contributed by atoms with Crippen molar-refractivity contribution in [2.24, 2.45) is 0 Å². The van der Waals surface area contributed by atoms with Gasteiger partial charge in [0.05, 0.1) is 25.3 Å². The molecule has 12 nitrogen and oxygen atoms in total. The first kappa shape index (κ1) is 20.5. The number of carbonyl (C=O) groups excluding carboxylic acids is 1. The van der Waals surface area contributed by atoms with Gasteiger partial charge in [0.2, 0.25) is 11.8 Å². The van der Waals surface area contributed by atoms with E-state index < -0.39 is 20.5 Å². The van der Waals surface area contributed by atoms with E-state index in [4.69, 9.17) is 9.47 Å². The summed E-state index contributed by atoms with van der Waals surface area (Å²) in [5.74, 6) is -0.0693. The minimum absolute atomic E-state index is 0.0410. The number of aromatic nitrogens is 5. The normalized spacial score (nSPS) is 21.4. The molecule has 1 fully saturated rings. The molecule has 30 heavy (non-hydrogen) atoms. The van der Waals surface area contributed by atoms with Crippen molar-refractivity contribution in [1.82, 2.24) is 25.1 Å². The fourth-order valence-electron chi connectivity index (χ4n) is 3.45. The summed E-state index contributed by atoms with van der Waals surface area (Å²) in [4.78, 5) is 26.3. The van der Waals surface area contributed by atoms with Crippen molar-refractivity contribution in [1.29, 1.82) is 0 Å². The number of rotatable bonds is 4. The second-order valence-corrected chi connectivity index (χ2v) is 10.4. The van der Waals surface area contributed by atoms with Gasteiger partial charge in [0.1, 0.15) is 23.4 Å². The number of H-pyrrole nitrogens is 1. The molecule has 2 aliphatic rings. The van der Waals surface area contributed by atoms with Gasteiger partial charge in [-0.1, -0.05) is 0 Å². The third-order valence-electron chi connectivity index (χ3n) is 5.40. The first-order chi connectivity index (χ1) is 14.1. The van der Waals surface area contributed by atoms with Crippen molar-refractivity contribution in [3.05, 3.63) is 17.8 Å². The number of fused-ring (bicyclic) bond motifs is 3. The number of aromatic amines is 1. The Morgan fingerprint density at radius 2 is 2.07 bits per heavy atom. The number of nitrogens with one attached hydrogen (secondary N) is 2. The van der Waals surface area contributed by atoms with Crippen molar-refractivity contribution in [3.63, 3.8) is 0 Å². The second-order valence-electron chi connectivity index (χ2n) is 7.88. The lowest BCUT2D eigenvalue weighted by atomic mass is 10.0. The average molecular weight is 437 g/mol. The Bertz CT molecular complexity index is 1070.